The molecule has 0 radical (unpaired) electrons. The van der Waals surface area contributed by atoms with Crippen LogP contribution in [0.1, 0.15) is 0 Å². The zero-order valence-electron chi connectivity index (χ0n) is 15.9. The number of benzene rings is 2. The van der Waals surface area contributed by atoms with Crippen molar-refractivity contribution in [3.63, 3.8) is 0 Å². The second kappa shape index (κ2) is 9.42. The summed E-state index contributed by atoms with van der Waals surface area (Å²) in [5, 5.41) is 5.51. The Labute approximate surface area is 176 Å². The molecule has 1 heterocycles. The summed E-state index contributed by atoms with van der Waals surface area (Å²) < 4.78 is 6.11. The first-order valence-electron chi connectivity index (χ1n) is 8.98. The molecule has 8 nitrogen and oxygen atoms in total. The van der Waals surface area contributed by atoms with Gasteiger partial charge in [-0.05, 0) is 36.4 Å². The number of halogens is 1. The molecule has 2 aromatic rings. The maximum absolute atomic E-state index is 12.4. The number of para-hydroxylation sites is 2. The normalized spacial score (nSPS) is 13.8. The van der Waals surface area contributed by atoms with Crippen molar-refractivity contribution in [2.45, 2.75) is 0 Å². The average molecular weight is 461 g/mol. The monoisotopic (exact) mass is 460 g/mol. The predicted molar refractivity (Wildman–Crippen MR) is 113 cm³/mol. The van der Waals surface area contributed by atoms with E-state index in [0.29, 0.717) is 23.7 Å². The molecule has 2 N–H and O–H groups in total. The number of nitrogens with one attached hydrogen (secondary N) is 2. The van der Waals surface area contributed by atoms with E-state index in [4.69, 9.17) is 4.74 Å². The number of amides is 4. The Morgan fingerprint density at radius 1 is 1.07 bits per heavy atom. The van der Waals surface area contributed by atoms with E-state index in [0.717, 1.165) is 4.47 Å². The van der Waals surface area contributed by atoms with Gasteiger partial charge in [-0.1, -0.05) is 28.1 Å². The predicted octanol–water partition coefficient (Wildman–Crippen LogP) is 2.77. The summed E-state index contributed by atoms with van der Waals surface area (Å²) in [6.45, 7) is 0.464. The van der Waals surface area contributed by atoms with E-state index < -0.39 is 0 Å². The number of carbonyl (C=O) groups excluding carboxylic acids is 3. The molecule has 9 heteroatoms. The molecular formula is C20H21BrN4O4. The third-order valence-corrected chi connectivity index (χ3v) is 4.95. The fourth-order valence-electron chi connectivity index (χ4n) is 2.90. The van der Waals surface area contributed by atoms with Gasteiger partial charge >= 0.3 is 6.03 Å². The Morgan fingerprint density at radius 2 is 1.79 bits per heavy atom. The molecule has 1 aliphatic rings. The Balaban J connectivity index is 1.51. The van der Waals surface area contributed by atoms with Gasteiger partial charge in [-0.25, -0.2) is 4.79 Å². The highest BCUT2D eigenvalue weighted by Gasteiger charge is 2.28. The van der Waals surface area contributed by atoms with E-state index in [2.05, 4.69) is 26.6 Å². The van der Waals surface area contributed by atoms with Crippen LogP contribution < -0.4 is 15.4 Å². The number of piperazine rings is 1. The maximum Gasteiger partial charge on any atom is 0.322 e. The fraction of sp³-hybridized carbons (Fsp3) is 0.250. The molecule has 0 atom stereocenters. The van der Waals surface area contributed by atoms with Gasteiger partial charge < -0.3 is 25.2 Å². The molecule has 0 aromatic heterocycles. The molecule has 0 saturated carbocycles. The zero-order chi connectivity index (χ0) is 20.8. The Morgan fingerprint density at radius 3 is 2.48 bits per heavy atom. The first kappa shape index (κ1) is 20.7. The summed E-state index contributed by atoms with van der Waals surface area (Å²) in [6.07, 6.45) is 0. The quantitative estimate of drug-likeness (QED) is 0.717. The highest BCUT2D eigenvalue weighted by Crippen LogP contribution is 2.23. The lowest BCUT2D eigenvalue weighted by Crippen LogP contribution is -2.54. The van der Waals surface area contributed by atoms with Crippen molar-refractivity contribution in [1.29, 1.82) is 0 Å². The number of carbonyl (C=O) groups is 3. The number of hydrogen-bond donors (Lipinski definition) is 2. The van der Waals surface area contributed by atoms with Crippen LogP contribution in [-0.4, -0.2) is 60.9 Å². The van der Waals surface area contributed by atoms with E-state index in [9.17, 15) is 14.4 Å². The molecule has 0 unspecified atom stereocenters. The van der Waals surface area contributed by atoms with Crippen LogP contribution in [0, 0.1) is 0 Å². The highest BCUT2D eigenvalue weighted by atomic mass is 79.9. The van der Waals surface area contributed by atoms with Crippen LogP contribution in [0.4, 0.5) is 16.2 Å². The van der Waals surface area contributed by atoms with Crippen LogP contribution >= 0.6 is 15.9 Å². The van der Waals surface area contributed by atoms with Gasteiger partial charge in [-0.15, -0.1) is 0 Å². The number of hydrogen-bond acceptors (Lipinski definition) is 4. The molecule has 1 saturated heterocycles. The molecule has 29 heavy (non-hydrogen) atoms. The van der Waals surface area contributed by atoms with Crippen molar-refractivity contribution in [2.75, 3.05) is 43.9 Å². The van der Waals surface area contributed by atoms with Crippen LogP contribution in [0.25, 0.3) is 0 Å². The summed E-state index contributed by atoms with van der Waals surface area (Å²) in [5.41, 5.74) is 1.18. The first-order chi connectivity index (χ1) is 14.0. The minimum absolute atomic E-state index is 0.0791. The molecule has 3 rings (SSSR count). The lowest BCUT2D eigenvalue weighted by molar-refractivity contribution is -0.137. The number of methoxy groups -OCH3 is 1. The van der Waals surface area contributed by atoms with Crippen LogP contribution in [0.2, 0.25) is 0 Å². The van der Waals surface area contributed by atoms with E-state index >= 15 is 0 Å². The minimum Gasteiger partial charge on any atom is -0.495 e. The van der Waals surface area contributed by atoms with Gasteiger partial charge in [0.05, 0.1) is 19.3 Å². The van der Waals surface area contributed by atoms with Crippen molar-refractivity contribution in [3.8, 4) is 5.75 Å². The summed E-state index contributed by atoms with van der Waals surface area (Å²) >= 11 is 3.34. The van der Waals surface area contributed by atoms with Crippen molar-refractivity contribution < 1.29 is 19.1 Å². The van der Waals surface area contributed by atoms with Crippen molar-refractivity contribution >= 4 is 45.2 Å². The van der Waals surface area contributed by atoms with Crippen LogP contribution in [0.15, 0.2) is 53.0 Å². The number of anilines is 2. The standard InChI is InChI=1S/C20H21BrN4O4/c1-29-17-5-3-2-4-16(17)23-18(26)12-24-10-11-25(13-19(24)27)20(28)22-15-8-6-14(21)7-9-15/h2-9H,10-13H2,1H3,(H,22,28)(H,23,26). The highest BCUT2D eigenvalue weighted by molar-refractivity contribution is 9.10. The second-order valence-electron chi connectivity index (χ2n) is 6.42. The third kappa shape index (κ3) is 5.47. The smallest absolute Gasteiger partial charge is 0.322 e. The number of nitrogens with zero attached hydrogens (tertiary/aromatic N) is 2. The molecule has 1 aliphatic heterocycles. The van der Waals surface area contributed by atoms with Crippen molar-refractivity contribution in [2.24, 2.45) is 0 Å². The first-order valence-corrected chi connectivity index (χ1v) is 9.77. The van der Waals surface area contributed by atoms with E-state index in [1.807, 2.05) is 12.1 Å². The average Bonchev–Trinajstić information content (AvgIpc) is 2.71. The summed E-state index contributed by atoms with van der Waals surface area (Å²) in [7, 11) is 1.52. The summed E-state index contributed by atoms with van der Waals surface area (Å²) in [5.74, 6) is -0.0606. The molecular weight excluding hydrogens is 440 g/mol. The fourth-order valence-corrected chi connectivity index (χ4v) is 3.16. The van der Waals surface area contributed by atoms with Crippen LogP contribution in [0.3, 0.4) is 0 Å². The van der Waals surface area contributed by atoms with Crippen LogP contribution in [0.5, 0.6) is 5.75 Å². The number of rotatable bonds is 5. The largest absolute Gasteiger partial charge is 0.495 e. The molecule has 0 spiro atoms. The van der Waals surface area contributed by atoms with Gasteiger partial charge in [0.25, 0.3) is 0 Å². The molecule has 152 valence electrons. The molecule has 2 aromatic carbocycles. The molecule has 4 amide bonds. The van der Waals surface area contributed by atoms with Gasteiger partial charge in [0.15, 0.2) is 0 Å². The minimum atomic E-state index is -0.348. The van der Waals surface area contributed by atoms with Gasteiger partial charge in [0.1, 0.15) is 12.3 Å². The van der Waals surface area contributed by atoms with Crippen molar-refractivity contribution in [1.82, 2.24) is 9.80 Å². The van der Waals surface area contributed by atoms with Gasteiger partial charge in [0, 0.05) is 23.2 Å². The lowest BCUT2D eigenvalue weighted by atomic mass is 10.2. The van der Waals surface area contributed by atoms with Crippen molar-refractivity contribution in [3.05, 3.63) is 53.0 Å². The Hall–Kier alpha value is -3.07. The van der Waals surface area contributed by atoms with Crippen LogP contribution in [-0.2, 0) is 9.59 Å². The Kier molecular flexibility index (Phi) is 6.71. The SMILES string of the molecule is COc1ccccc1NC(=O)CN1CCN(C(=O)Nc2ccc(Br)cc2)CC1=O. The lowest BCUT2D eigenvalue weighted by Gasteiger charge is -2.33. The van der Waals surface area contributed by atoms with Gasteiger partial charge in [-0.3, -0.25) is 9.59 Å². The van der Waals surface area contributed by atoms with E-state index in [1.54, 1.807) is 36.4 Å². The zero-order valence-corrected chi connectivity index (χ0v) is 17.4. The van der Waals surface area contributed by atoms with E-state index in [-0.39, 0.29) is 37.5 Å². The molecule has 1 fully saturated rings. The summed E-state index contributed by atoms with van der Waals surface area (Å²) in [6, 6.07) is 13.9. The van der Waals surface area contributed by atoms with Gasteiger partial charge in [-0.2, -0.15) is 0 Å². The topological polar surface area (TPSA) is 91.0 Å². The number of urea groups is 1. The van der Waals surface area contributed by atoms with Gasteiger partial charge in [0.2, 0.25) is 11.8 Å². The second-order valence-corrected chi connectivity index (χ2v) is 7.34. The number of ether oxygens (including phenoxy) is 1. The Bertz CT molecular complexity index is 904. The maximum atomic E-state index is 12.4. The molecule has 0 aliphatic carbocycles. The summed E-state index contributed by atoms with van der Waals surface area (Å²) in [4.78, 5) is 40.0. The molecule has 0 bridgehead atoms. The van der Waals surface area contributed by atoms with E-state index in [1.165, 1.54) is 16.9 Å². The third-order valence-electron chi connectivity index (χ3n) is 4.42.